The van der Waals surface area contributed by atoms with Gasteiger partial charge in [0.25, 0.3) is 0 Å². The number of nitrogens with zero attached hydrogens (tertiary/aromatic N) is 3. The Bertz CT molecular complexity index is 378. The third-order valence-electron chi connectivity index (χ3n) is 1.91. The molecule has 0 aliphatic rings. The van der Waals surface area contributed by atoms with Gasteiger partial charge in [0, 0.05) is 18.3 Å². The lowest BCUT2D eigenvalue weighted by molar-refractivity contribution is 0.187. The smallest absolute Gasteiger partial charge is 0.136 e. The highest BCUT2D eigenvalue weighted by molar-refractivity contribution is 5.47. The van der Waals surface area contributed by atoms with Crippen molar-refractivity contribution in [3.8, 4) is 0 Å². The van der Waals surface area contributed by atoms with Crippen molar-refractivity contribution in [3.05, 3.63) is 30.4 Å². The molecule has 5 nitrogen and oxygen atoms in total. The highest BCUT2D eigenvalue weighted by Crippen LogP contribution is 2.14. The fourth-order valence-electron chi connectivity index (χ4n) is 1.20. The van der Waals surface area contributed by atoms with Gasteiger partial charge in [0.05, 0.1) is 17.8 Å². The topological polar surface area (TPSA) is 76.4 Å². The maximum atomic E-state index is 9.44. The molecule has 0 aliphatic heterocycles. The molecule has 0 aliphatic carbocycles. The van der Waals surface area contributed by atoms with Gasteiger partial charge < -0.3 is 10.8 Å². The van der Waals surface area contributed by atoms with Crippen molar-refractivity contribution in [2.75, 3.05) is 6.54 Å². The van der Waals surface area contributed by atoms with E-state index in [4.69, 9.17) is 5.73 Å². The summed E-state index contributed by atoms with van der Waals surface area (Å²) < 4.78 is 1.65. The predicted molar refractivity (Wildman–Crippen MR) is 47.0 cm³/mol. The first-order valence-corrected chi connectivity index (χ1v) is 3.97. The van der Waals surface area contributed by atoms with Crippen molar-refractivity contribution < 1.29 is 5.11 Å². The summed E-state index contributed by atoms with van der Waals surface area (Å²) >= 11 is 0. The fraction of sp³-hybridized carbons (Fsp3) is 0.250. The zero-order valence-corrected chi connectivity index (χ0v) is 6.96. The molecule has 5 heteroatoms. The first-order valence-electron chi connectivity index (χ1n) is 3.97. The van der Waals surface area contributed by atoms with Gasteiger partial charge in [-0.15, -0.1) is 0 Å². The second-order valence-electron chi connectivity index (χ2n) is 2.80. The van der Waals surface area contributed by atoms with Crippen LogP contribution in [0.5, 0.6) is 0 Å². The second kappa shape index (κ2) is 3.12. The summed E-state index contributed by atoms with van der Waals surface area (Å²) in [6.07, 6.45) is 4.25. The van der Waals surface area contributed by atoms with Gasteiger partial charge in [0.2, 0.25) is 0 Å². The largest absolute Gasteiger partial charge is 0.387 e. The number of nitrogens with two attached hydrogens (primary N) is 1. The number of aliphatic hydroxyl groups excluding tert-OH is 1. The lowest BCUT2D eigenvalue weighted by atomic mass is 10.2. The average Bonchev–Trinajstić information content (AvgIpc) is 2.59. The number of rotatable bonds is 2. The van der Waals surface area contributed by atoms with E-state index in [1.54, 1.807) is 16.9 Å². The first-order chi connectivity index (χ1) is 6.31. The normalized spacial score (nSPS) is 13.4. The van der Waals surface area contributed by atoms with E-state index in [1.165, 1.54) is 6.33 Å². The van der Waals surface area contributed by atoms with Crippen LogP contribution < -0.4 is 5.73 Å². The predicted octanol–water partition coefficient (Wildman–Crippen LogP) is -0.279. The molecule has 1 atom stereocenters. The average molecular weight is 178 g/mol. The van der Waals surface area contributed by atoms with E-state index in [0.717, 1.165) is 11.1 Å². The molecule has 3 N–H and O–H groups in total. The standard InChI is InChI=1S/C8H10N4O/c9-2-8(13)6-1-7-3-10-5-11-12(7)4-6/h1,3-5,8,13H,2,9H2. The zero-order chi connectivity index (χ0) is 9.26. The minimum Gasteiger partial charge on any atom is -0.387 e. The lowest BCUT2D eigenvalue weighted by Gasteiger charge is -2.01. The molecule has 2 rings (SSSR count). The number of aliphatic hydroxyl groups is 1. The van der Waals surface area contributed by atoms with E-state index in [9.17, 15) is 5.11 Å². The molecule has 0 saturated carbocycles. The van der Waals surface area contributed by atoms with Crippen LogP contribution in [0.2, 0.25) is 0 Å². The van der Waals surface area contributed by atoms with Gasteiger partial charge in [-0.2, -0.15) is 5.10 Å². The summed E-state index contributed by atoms with van der Waals surface area (Å²) in [6, 6.07) is 1.82. The molecule has 0 spiro atoms. The molecule has 2 aromatic heterocycles. The van der Waals surface area contributed by atoms with Gasteiger partial charge in [-0.3, -0.25) is 0 Å². The van der Waals surface area contributed by atoms with Gasteiger partial charge in [0.15, 0.2) is 0 Å². The summed E-state index contributed by atoms with van der Waals surface area (Å²) in [5, 5.41) is 13.4. The Balaban J connectivity index is 2.49. The van der Waals surface area contributed by atoms with Crippen LogP contribution in [0.4, 0.5) is 0 Å². The molecule has 0 radical (unpaired) electrons. The number of aromatic nitrogens is 3. The van der Waals surface area contributed by atoms with Crippen molar-refractivity contribution in [3.63, 3.8) is 0 Å². The van der Waals surface area contributed by atoms with Gasteiger partial charge in [0.1, 0.15) is 6.33 Å². The minimum absolute atomic E-state index is 0.213. The number of hydrogen-bond acceptors (Lipinski definition) is 4. The molecule has 13 heavy (non-hydrogen) atoms. The Kier molecular flexibility index (Phi) is 1.96. The van der Waals surface area contributed by atoms with Crippen molar-refractivity contribution >= 4 is 5.52 Å². The Morgan fingerprint density at radius 3 is 3.15 bits per heavy atom. The van der Waals surface area contributed by atoms with Crippen LogP contribution in [0.25, 0.3) is 5.52 Å². The molecule has 0 aromatic carbocycles. The number of fused-ring (bicyclic) bond motifs is 1. The van der Waals surface area contributed by atoms with Crippen LogP contribution in [-0.2, 0) is 0 Å². The number of hydrogen-bond donors (Lipinski definition) is 2. The van der Waals surface area contributed by atoms with Gasteiger partial charge in [-0.05, 0) is 6.07 Å². The zero-order valence-electron chi connectivity index (χ0n) is 6.96. The van der Waals surface area contributed by atoms with E-state index in [0.29, 0.717) is 0 Å². The van der Waals surface area contributed by atoms with Crippen LogP contribution in [0.1, 0.15) is 11.7 Å². The molecular formula is C8H10N4O. The van der Waals surface area contributed by atoms with Crippen LogP contribution >= 0.6 is 0 Å². The molecule has 0 bridgehead atoms. The van der Waals surface area contributed by atoms with Crippen LogP contribution in [-0.4, -0.2) is 26.2 Å². The van der Waals surface area contributed by atoms with Crippen molar-refractivity contribution in [1.82, 2.24) is 14.6 Å². The van der Waals surface area contributed by atoms with E-state index < -0.39 is 6.10 Å². The highest BCUT2D eigenvalue weighted by Gasteiger charge is 2.07. The first kappa shape index (κ1) is 8.15. The summed E-state index contributed by atoms with van der Waals surface area (Å²) in [5.41, 5.74) is 6.95. The summed E-state index contributed by atoms with van der Waals surface area (Å²) in [5.74, 6) is 0. The Morgan fingerprint density at radius 2 is 2.46 bits per heavy atom. The molecule has 0 amide bonds. The third-order valence-corrected chi connectivity index (χ3v) is 1.91. The quantitative estimate of drug-likeness (QED) is 0.663. The van der Waals surface area contributed by atoms with E-state index in [2.05, 4.69) is 10.1 Å². The molecule has 1 unspecified atom stereocenters. The lowest BCUT2D eigenvalue weighted by Crippen LogP contribution is -2.10. The van der Waals surface area contributed by atoms with Crippen LogP contribution in [0.15, 0.2) is 24.8 Å². The van der Waals surface area contributed by atoms with Crippen LogP contribution in [0, 0.1) is 0 Å². The Labute approximate surface area is 74.8 Å². The van der Waals surface area contributed by atoms with Crippen molar-refractivity contribution in [2.45, 2.75) is 6.10 Å². The molecule has 2 heterocycles. The van der Waals surface area contributed by atoms with E-state index >= 15 is 0 Å². The van der Waals surface area contributed by atoms with Gasteiger partial charge in [-0.25, -0.2) is 9.50 Å². The summed E-state index contributed by atoms with van der Waals surface area (Å²) in [7, 11) is 0. The minimum atomic E-state index is -0.623. The van der Waals surface area contributed by atoms with Gasteiger partial charge >= 0.3 is 0 Å². The summed E-state index contributed by atoms with van der Waals surface area (Å²) in [6.45, 7) is 0.213. The SMILES string of the molecule is NCC(O)c1cc2cncnn2c1. The van der Waals surface area contributed by atoms with Gasteiger partial charge in [-0.1, -0.05) is 0 Å². The molecule has 68 valence electrons. The molecule has 0 fully saturated rings. The maximum absolute atomic E-state index is 9.44. The van der Waals surface area contributed by atoms with Crippen molar-refractivity contribution in [2.24, 2.45) is 5.73 Å². The molecular weight excluding hydrogens is 168 g/mol. The maximum Gasteiger partial charge on any atom is 0.136 e. The fourth-order valence-corrected chi connectivity index (χ4v) is 1.20. The molecule has 0 saturated heterocycles. The van der Waals surface area contributed by atoms with E-state index in [1.807, 2.05) is 6.07 Å². The molecule has 2 aromatic rings. The highest BCUT2D eigenvalue weighted by atomic mass is 16.3. The van der Waals surface area contributed by atoms with Crippen molar-refractivity contribution in [1.29, 1.82) is 0 Å². The van der Waals surface area contributed by atoms with Crippen LogP contribution in [0.3, 0.4) is 0 Å². The Morgan fingerprint density at radius 1 is 1.62 bits per heavy atom. The third kappa shape index (κ3) is 1.39. The second-order valence-corrected chi connectivity index (χ2v) is 2.80. The monoisotopic (exact) mass is 178 g/mol. The Hall–Kier alpha value is -1.46. The summed E-state index contributed by atoms with van der Waals surface area (Å²) in [4.78, 5) is 3.87. The van der Waals surface area contributed by atoms with E-state index in [-0.39, 0.29) is 6.54 Å².